The largest absolute Gasteiger partial charge is 0.350 e. The van der Waals surface area contributed by atoms with Gasteiger partial charge in [0.05, 0.1) is 5.54 Å². The normalized spacial score (nSPS) is 11.7. The Morgan fingerprint density at radius 3 is 2.68 bits per heavy atom. The molecule has 1 N–H and O–H groups in total. The van der Waals surface area contributed by atoms with Crippen LogP contribution in [0.25, 0.3) is 0 Å². The molecule has 0 aromatic carbocycles. The first kappa shape index (κ1) is 16.2. The van der Waals surface area contributed by atoms with Gasteiger partial charge < -0.3 is 9.88 Å². The van der Waals surface area contributed by atoms with Crippen LogP contribution in [0.1, 0.15) is 49.7 Å². The summed E-state index contributed by atoms with van der Waals surface area (Å²) < 4.78 is 3.83. The fourth-order valence-electron chi connectivity index (χ4n) is 2.38. The second kappa shape index (κ2) is 6.29. The Labute approximate surface area is 130 Å². The number of aromatic nitrogens is 5. The molecule has 0 aliphatic heterocycles. The summed E-state index contributed by atoms with van der Waals surface area (Å²) in [4.78, 5) is 12.2. The number of nitrogens with one attached hydrogen (secondary N) is 1. The number of aryl methyl sites for hydroxylation is 2. The molecule has 0 aliphatic rings. The van der Waals surface area contributed by atoms with Gasteiger partial charge in [-0.15, -0.1) is 10.2 Å². The Bertz CT molecular complexity index is 649. The van der Waals surface area contributed by atoms with Crippen LogP contribution in [0.3, 0.4) is 0 Å². The van der Waals surface area contributed by atoms with Crippen molar-refractivity contribution in [3.8, 4) is 0 Å². The lowest BCUT2D eigenvalue weighted by molar-refractivity contribution is 0.0947. The summed E-state index contributed by atoms with van der Waals surface area (Å²) in [6, 6.07) is 1.81. The average molecular weight is 304 g/mol. The van der Waals surface area contributed by atoms with Crippen molar-refractivity contribution in [1.82, 2.24) is 29.9 Å². The molecule has 0 aliphatic carbocycles. The van der Waals surface area contributed by atoms with Crippen LogP contribution in [0.2, 0.25) is 0 Å². The highest BCUT2D eigenvalue weighted by molar-refractivity contribution is 5.92. The first-order valence-electron chi connectivity index (χ1n) is 7.55. The van der Waals surface area contributed by atoms with Crippen LogP contribution in [0.5, 0.6) is 0 Å². The van der Waals surface area contributed by atoms with E-state index >= 15 is 0 Å². The topological polar surface area (TPSA) is 77.6 Å². The number of hydrogen-bond acceptors (Lipinski definition) is 4. The molecule has 0 saturated carbocycles. The predicted octanol–water partition coefficient (Wildman–Crippen LogP) is 1.53. The van der Waals surface area contributed by atoms with Gasteiger partial charge in [-0.2, -0.15) is 5.10 Å². The van der Waals surface area contributed by atoms with Crippen LogP contribution in [-0.2, 0) is 18.5 Å². The minimum atomic E-state index is -0.159. The lowest BCUT2D eigenvalue weighted by Crippen LogP contribution is -2.28. The van der Waals surface area contributed by atoms with E-state index in [2.05, 4.69) is 41.4 Å². The Kier molecular flexibility index (Phi) is 4.63. The van der Waals surface area contributed by atoms with Crippen LogP contribution in [0, 0.1) is 6.92 Å². The second-order valence-corrected chi connectivity index (χ2v) is 6.29. The molecule has 2 aromatic heterocycles. The minimum absolute atomic E-state index is 0.139. The highest BCUT2D eigenvalue weighted by Crippen LogP contribution is 2.16. The molecule has 0 spiro atoms. The zero-order valence-corrected chi connectivity index (χ0v) is 13.9. The summed E-state index contributed by atoms with van der Waals surface area (Å²) in [7, 11) is 0. The van der Waals surface area contributed by atoms with Crippen molar-refractivity contribution in [2.24, 2.45) is 0 Å². The molecule has 0 radical (unpaired) electrons. The van der Waals surface area contributed by atoms with Gasteiger partial charge in [0.1, 0.15) is 17.8 Å². The van der Waals surface area contributed by atoms with Crippen LogP contribution in [0.15, 0.2) is 12.4 Å². The van der Waals surface area contributed by atoms with E-state index in [0.717, 1.165) is 18.1 Å². The van der Waals surface area contributed by atoms with Gasteiger partial charge in [0.15, 0.2) is 0 Å². The van der Waals surface area contributed by atoms with E-state index in [1.807, 2.05) is 29.2 Å². The maximum absolute atomic E-state index is 12.2. The maximum Gasteiger partial charge on any atom is 0.271 e. The molecule has 0 bridgehead atoms. The van der Waals surface area contributed by atoms with Crippen molar-refractivity contribution in [1.29, 1.82) is 0 Å². The predicted molar refractivity (Wildman–Crippen MR) is 83.7 cm³/mol. The molecule has 120 valence electrons. The smallest absolute Gasteiger partial charge is 0.271 e. The SMILES string of the molecule is CCn1cnnc1CCNC(=O)c1cc(C)n(C(C)(C)C)n1. The van der Waals surface area contributed by atoms with Crippen LogP contribution in [-0.4, -0.2) is 37.0 Å². The van der Waals surface area contributed by atoms with E-state index in [-0.39, 0.29) is 11.4 Å². The van der Waals surface area contributed by atoms with E-state index in [4.69, 9.17) is 0 Å². The number of amides is 1. The lowest BCUT2D eigenvalue weighted by Gasteiger charge is -2.21. The van der Waals surface area contributed by atoms with E-state index in [9.17, 15) is 4.79 Å². The fourth-order valence-corrected chi connectivity index (χ4v) is 2.38. The molecule has 2 aromatic rings. The van der Waals surface area contributed by atoms with Gasteiger partial charge in [0.25, 0.3) is 5.91 Å². The van der Waals surface area contributed by atoms with E-state index in [0.29, 0.717) is 18.7 Å². The molecular weight excluding hydrogens is 280 g/mol. The maximum atomic E-state index is 12.2. The van der Waals surface area contributed by atoms with Crippen molar-refractivity contribution in [3.63, 3.8) is 0 Å². The highest BCUT2D eigenvalue weighted by Gasteiger charge is 2.20. The summed E-state index contributed by atoms with van der Waals surface area (Å²) in [5.74, 6) is 0.716. The number of carbonyl (C=O) groups excluding carboxylic acids is 1. The van der Waals surface area contributed by atoms with E-state index < -0.39 is 0 Å². The first-order chi connectivity index (χ1) is 10.3. The lowest BCUT2D eigenvalue weighted by atomic mass is 10.1. The summed E-state index contributed by atoms with van der Waals surface area (Å²) in [5, 5.41) is 15.2. The van der Waals surface area contributed by atoms with Crippen LogP contribution in [0.4, 0.5) is 0 Å². The molecule has 22 heavy (non-hydrogen) atoms. The number of nitrogens with zero attached hydrogens (tertiary/aromatic N) is 5. The summed E-state index contributed by atoms with van der Waals surface area (Å²) in [6.45, 7) is 11.5. The number of hydrogen-bond donors (Lipinski definition) is 1. The summed E-state index contributed by atoms with van der Waals surface area (Å²) >= 11 is 0. The van der Waals surface area contributed by atoms with Gasteiger partial charge in [-0.25, -0.2) is 0 Å². The third kappa shape index (κ3) is 3.52. The molecule has 0 saturated heterocycles. The standard InChI is InChI=1S/C15H24N6O/c1-6-20-10-17-18-13(20)7-8-16-14(22)12-9-11(2)21(19-12)15(3,4)5/h9-10H,6-8H2,1-5H3,(H,16,22). The molecule has 0 atom stereocenters. The van der Waals surface area contributed by atoms with Gasteiger partial charge in [-0.05, 0) is 40.7 Å². The van der Waals surface area contributed by atoms with Crippen LogP contribution >= 0.6 is 0 Å². The summed E-state index contributed by atoms with van der Waals surface area (Å²) in [5.41, 5.74) is 1.29. The number of rotatable bonds is 5. The molecule has 2 rings (SSSR count). The van der Waals surface area contributed by atoms with Gasteiger partial charge >= 0.3 is 0 Å². The Balaban J connectivity index is 1.96. The van der Waals surface area contributed by atoms with Crippen LogP contribution < -0.4 is 5.32 Å². The molecule has 7 nitrogen and oxygen atoms in total. The molecule has 1 amide bonds. The van der Waals surface area contributed by atoms with E-state index in [1.54, 1.807) is 6.33 Å². The monoisotopic (exact) mass is 304 g/mol. The molecule has 7 heteroatoms. The third-order valence-corrected chi connectivity index (χ3v) is 3.43. The van der Waals surface area contributed by atoms with Crippen molar-refractivity contribution in [3.05, 3.63) is 29.6 Å². The van der Waals surface area contributed by atoms with Gasteiger partial charge in [0, 0.05) is 25.2 Å². The molecular formula is C15H24N6O. The number of carbonyl (C=O) groups is 1. The summed E-state index contributed by atoms with van der Waals surface area (Å²) in [6.07, 6.45) is 2.35. The van der Waals surface area contributed by atoms with Crippen molar-refractivity contribution in [2.45, 2.75) is 53.1 Å². The Morgan fingerprint density at radius 2 is 2.09 bits per heavy atom. The molecule has 0 fully saturated rings. The first-order valence-corrected chi connectivity index (χ1v) is 7.55. The fraction of sp³-hybridized carbons (Fsp3) is 0.600. The molecule has 2 heterocycles. The van der Waals surface area contributed by atoms with Crippen molar-refractivity contribution >= 4 is 5.91 Å². The third-order valence-electron chi connectivity index (χ3n) is 3.43. The van der Waals surface area contributed by atoms with Gasteiger partial charge in [-0.1, -0.05) is 0 Å². The highest BCUT2D eigenvalue weighted by atomic mass is 16.1. The van der Waals surface area contributed by atoms with E-state index in [1.165, 1.54) is 0 Å². The zero-order valence-electron chi connectivity index (χ0n) is 13.9. The Morgan fingerprint density at radius 1 is 1.36 bits per heavy atom. The average Bonchev–Trinajstić information content (AvgIpc) is 3.04. The zero-order chi connectivity index (χ0) is 16.3. The second-order valence-electron chi connectivity index (χ2n) is 6.29. The Hall–Kier alpha value is -2.18. The molecule has 0 unspecified atom stereocenters. The van der Waals surface area contributed by atoms with Gasteiger partial charge in [-0.3, -0.25) is 9.48 Å². The minimum Gasteiger partial charge on any atom is -0.350 e. The quantitative estimate of drug-likeness (QED) is 0.908. The van der Waals surface area contributed by atoms with Crippen molar-refractivity contribution < 1.29 is 4.79 Å². The van der Waals surface area contributed by atoms with Crippen molar-refractivity contribution in [2.75, 3.05) is 6.54 Å². The van der Waals surface area contributed by atoms with Gasteiger partial charge in [0.2, 0.25) is 0 Å².